The van der Waals surface area contributed by atoms with Gasteiger partial charge >= 0.3 is 0 Å². The second-order valence-electron chi connectivity index (χ2n) is 6.84. The minimum atomic E-state index is 0.980. The van der Waals surface area contributed by atoms with Gasteiger partial charge in [0.25, 0.3) is 0 Å². The number of benzene rings is 1. The molecule has 1 aromatic carbocycles. The van der Waals surface area contributed by atoms with Crippen molar-refractivity contribution in [3.05, 3.63) is 60.6 Å². The molecule has 26 heavy (non-hydrogen) atoms. The van der Waals surface area contributed by atoms with Crippen molar-refractivity contribution in [2.24, 2.45) is 0 Å². The molecule has 1 aliphatic heterocycles. The van der Waals surface area contributed by atoms with Crippen LogP contribution < -0.4 is 5.01 Å². The first-order valence-electron chi connectivity index (χ1n) is 9.28. The van der Waals surface area contributed by atoms with Crippen molar-refractivity contribution in [1.29, 1.82) is 0 Å². The highest BCUT2D eigenvalue weighted by molar-refractivity contribution is 5.80. The first-order chi connectivity index (χ1) is 12.8. The Kier molecular flexibility index (Phi) is 4.71. The Morgan fingerprint density at radius 3 is 2.23 bits per heavy atom. The van der Waals surface area contributed by atoms with Gasteiger partial charge in [-0.15, -0.1) is 0 Å². The molecule has 3 heterocycles. The maximum atomic E-state index is 4.76. The Bertz CT molecular complexity index is 846. The molecule has 5 nitrogen and oxygen atoms in total. The minimum absolute atomic E-state index is 0.980. The van der Waals surface area contributed by atoms with Gasteiger partial charge in [-0.1, -0.05) is 31.2 Å². The average molecular weight is 347 g/mol. The number of aryl methyl sites for hydroxylation is 1. The van der Waals surface area contributed by atoms with E-state index < -0.39 is 0 Å². The fourth-order valence-corrected chi connectivity index (χ4v) is 3.45. The number of aromatic nitrogens is 3. The van der Waals surface area contributed by atoms with Crippen LogP contribution in [0.15, 0.2) is 55.0 Å². The highest BCUT2D eigenvalue weighted by Gasteiger charge is 2.21. The molecule has 0 unspecified atom stereocenters. The molecule has 0 aliphatic carbocycles. The van der Waals surface area contributed by atoms with E-state index in [1.165, 1.54) is 11.1 Å². The Hall–Kier alpha value is -2.66. The fourth-order valence-electron chi connectivity index (χ4n) is 3.45. The molecule has 1 aliphatic rings. The van der Waals surface area contributed by atoms with Gasteiger partial charge in [-0.05, 0) is 36.7 Å². The molecule has 0 N–H and O–H groups in total. The van der Waals surface area contributed by atoms with E-state index in [4.69, 9.17) is 5.10 Å². The zero-order valence-electron chi connectivity index (χ0n) is 15.5. The molecule has 1 saturated heterocycles. The maximum absolute atomic E-state index is 4.76. The van der Waals surface area contributed by atoms with Crippen molar-refractivity contribution < 1.29 is 0 Å². The zero-order chi connectivity index (χ0) is 17.9. The Morgan fingerprint density at radius 2 is 1.58 bits per heavy atom. The van der Waals surface area contributed by atoms with Gasteiger partial charge < -0.3 is 4.90 Å². The summed E-state index contributed by atoms with van der Waals surface area (Å²) in [4.78, 5) is 8.62. The molecule has 2 aromatic heterocycles. The third-order valence-corrected chi connectivity index (χ3v) is 5.13. The molecule has 0 amide bonds. The lowest BCUT2D eigenvalue weighted by molar-refractivity contribution is 0.281. The average Bonchev–Trinajstić information content (AvgIpc) is 3.14. The predicted molar refractivity (Wildman–Crippen MR) is 106 cm³/mol. The number of likely N-dealkylation sites (N-methyl/N-ethyl adjacent to an activating group) is 1. The van der Waals surface area contributed by atoms with E-state index in [1.54, 1.807) is 0 Å². The van der Waals surface area contributed by atoms with Crippen LogP contribution in [0.25, 0.3) is 22.4 Å². The van der Waals surface area contributed by atoms with Crippen molar-refractivity contribution in [2.75, 3.05) is 38.2 Å². The molecule has 1 fully saturated rings. The monoisotopic (exact) mass is 347 g/mol. The van der Waals surface area contributed by atoms with Crippen LogP contribution in [-0.4, -0.2) is 53.0 Å². The van der Waals surface area contributed by atoms with Gasteiger partial charge in [0.15, 0.2) is 0 Å². The van der Waals surface area contributed by atoms with Gasteiger partial charge in [0.05, 0.1) is 11.9 Å². The molecule has 4 rings (SSSR count). The lowest BCUT2D eigenvalue weighted by Gasteiger charge is -2.34. The molecule has 0 bridgehead atoms. The van der Waals surface area contributed by atoms with Gasteiger partial charge in [-0.3, -0.25) is 9.99 Å². The van der Waals surface area contributed by atoms with Crippen molar-refractivity contribution in [3.63, 3.8) is 0 Å². The van der Waals surface area contributed by atoms with E-state index in [0.717, 1.165) is 49.4 Å². The first-order valence-corrected chi connectivity index (χ1v) is 9.28. The van der Waals surface area contributed by atoms with Crippen LogP contribution in [-0.2, 0) is 6.42 Å². The van der Waals surface area contributed by atoms with Crippen LogP contribution in [0.3, 0.4) is 0 Å². The molecule has 134 valence electrons. The highest BCUT2D eigenvalue weighted by atomic mass is 15.7. The third-order valence-electron chi connectivity index (χ3n) is 5.13. The summed E-state index contributed by atoms with van der Waals surface area (Å²) in [5.41, 5.74) is 6.00. The summed E-state index contributed by atoms with van der Waals surface area (Å²) >= 11 is 0. The molecule has 0 saturated carbocycles. The number of nitrogens with zero attached hydrogens (tertiary/aromatic N) is 5. The predicted octanol–water partition coefficient (Wildman–Crippen LogP) is 3.06. The fraction of sp³-hybridized carbons (Fsp3) is 0.333. The first kappa shape index (κ1) is 16.8. The lowest BCUT2D eigenvalue weighted by atomic mass is 10.0. The molecular formula is C21H25N5. The lowest BCUT2D eigenvalue weighted by Crippen LogP contribution is -2.50. The Labute approximate surface area is 154 Å². The molecule has 0 radical (unpaired) electrons. The van der Waals surface area contributed by atoms with Crippen molar-refractivity contribution >= 4 is 0 Å². The largest absolute Gasteiger partial charge is 0.303 e. The van der Waals surface area contributed by atoms with Crippen LogP contribution in [0.5, 0.6) is 0 Å². The summed E-state index contributed by atoms with van der Waals surface area (Å²) in [6, 6.07) is 13.0. The number of hydrogen-bond acceptors (Lipinski definition) is 4. The summed E-state index contributed by atoms with van der Waals surface area (Å²) in [7, 11) is 2.17. The summed E-state index contributed by atoms with van der Waals surface area (Å²) in [5, 5.41) is 7.10. The van der Waals surface area contributed by atoms with Gasteiger partial charge in [0, 0.05) is 49.7 Å². The van der Waals surface area contributed by atoms with Crippen LogP contribution >= 0.6 is 0 Å². The summed E-state index contributed by atoms with van der Waals surface area (Å²) < 4.78 is 0. The standard InChI is InChI=1S/C21H25N5/c1-3-17-4-6-19(7-5-17)21-20(18-8-10-22-11-9-18)16-23-26(21)25-14-12-24(2)13-15-25/h4-11,16H,3,12-15H2,1-2H3. The topological polar surface area (TPSA) is 37.2 Å². The van der Waals surface area contributed by atoms with Gasteiger partial charge in [-0.2, -0.15) is 9.89 Å². The van der Waals surface area contributed by atoms with Crippen LogP contribution in [0.2, 0.25) is 0 Å². The molecule has 0 spiro atoms. The second kappa shape index (κ2) is 7.30. The SMILES string of the molecule is CCc1ccc(-c2c(-c3ccncc3)cnn2N2CCN(C)CC2)cc1. The minimum Gasteiger partial charge on any atom is -0.303 e. The van der Waals surface area contributed by atoms with Gasteiger partial charge in [0.1, 0.15) is 0 Å². The third kappa shape index (κ3) is 3.22. The van der Waals surface area contributed by atoms with Crippen LogP contribution in [0.1, 0.15) is 12.5 Å². The summed E-state index contributed by atoms with van der Waals surface area (Å²) in [6.45, 7) is 6.26. The van der Waals surface area contributed by atoms with Gasteiger partial charge in [-0.25, -0.2) is 0 Å². The zero-order valence-corrected chi connectivity index (χ0v) is 15.5. The van der Waals surface area contributed by atoms with E-state index in [-0.39, 0.29) is 0 Å². The number of pyridine rings is 1. The van der Waals surface area contributed by atoms with Crippen LogP contribution in [0, 0.1) is 0 Å². The quantitative estimate of drug-likeness (QED) is 0.727. The number of hydrogen-bond donors (Lipinski definition) is 0. The van der Waals surface area contributed by atoms with E-state index >= 15 is 0 Å². The Balaban J connectivity index is 1.80. The number of rotatable bonds is 4. The molecule has 5 heteroatoms. The van der Waals surface area contributed by atoms with E-state index in [0.29, 0.717) is 0 Å². The number of piperazine rings is 1. The van der Waals surface area contributed by atoms with E-state index in [1.807, 2.05) is 18.6 Å². The normalized spacial score (nSPS) is 15.4. The summed E-state index contributed by atoms with van der Waals surface area (Å²) in [5.74, 6) is 0. The highest BCUT2D eigenvalue weighted by Crippen LogP contribution is 2.32. The smallest absolute Gasteiger partial charge is 0.0998 e. The molecular weight excluding hydrogens is 322 g/mol. The van der Waals surface area contributed by atoms with E-state index in [9.17, 15) is 0 Å². The molecule has 0 atom stereocenters. The van der Waals surface area contributed by atoms with E-state index in [2.05, 4.69) is 70.1 Å². The maximum Gasteiger partial charge on any atom is 0.0998 e. The second-order valence-corrected chi connectivity index (χ2v) is 6.84. The molecule has 3 aromatic rings. The van der Waals surface area contributed by atoms with Crippen molar-refractivity contribution in [3.8, 4) is 22.4 Å². The van der Waals surface area contributed by atoms with Gasteiger partial charge in [0.2, 0.25) is 0 Å². The van der Waals surface area contributed by atoms with Crippen molar-refractivity contribution in [1.82, 2.24) is 19.8 Å². The van der Waals surface area contributed by atoms with Crippen molar-refractivity contribution in [2.45, 2.75) is 13.3 Å². The summed E-state index contributed by atoms with van der Waals surface area (Å²) in [6.07, 6.45) is 6.71. The Morgan fingerprint density at radius 1 is 0.885 bits per heavy atom. The van der Waals surface area contributed by atoms with Crippen LogP contribution in [0.4, 0.5) is 0 Å².